The predicted molar refractivity (Wildman–Crippen MR) is 75.1 cm³/mol. The molecule has 1 aromatic rings. The third-order valence-electron chi connectivity index (χ3n) is 3.29. The Labute approximate surface area is 117 Å². The maximum absolute atomic E-state index is 13.9. The molecule has 1 aliphatic rings. The van der Waals surface area contributed by atoms with Gasteiger partial charge in [0.2, 0.25) is 5.91 Å². The summed E-state index contributed by atoms with van der Waals surface area (Å²) in [6.45, 7) is 3.35. The van der Waals surface area contributed by atoms with Crippen molar-refractivity contribution in [2.75, 3.05) is 18.0 Å². The number of hydrogen-bond acceptors (Lipinski definition) is 2. The van der Waals surface area contributed by atoms with Crippen LogP contribution in [0.5, 0.6) is 0 Å². The Bertz CT molecular complexity index is 447. The second kappa shape index (κ2) is 6.35. The summed E-state index contributed by atoms with van der Waals surface area (Å²) in [6, 6.07) is 4.25. The van der Waals surface area contributed by atoms with Gasteiger partial charge in [-0.1, -0.05) is 24.6 Å². The van der Waals surface area contributed by atoms with Crippen LogP contribution in [0.4, 0.5) is 10.1 Å². The van der Waals surface area contributed by atoms with Crippen LogP contribution in [0.1, 0.15) is 26.2 Å². The van der Waals surface area contributed by atoms with E-state index in [9.17, 15) is 9.18 Å². The SMILES string of the molecule is CCCNC1CCCN(c2c(F)cccc2Cl)C1=O. The summed E-state index contributed by atoms with van der Waals surface area (Å²) in [5.41, 5.74) is 0.206. The molecule has 0 aromatic heterocycles. The van der Waals surface area contributed by atoms with Gasteiger partial charge in [0.05, 0.1) is 16.8 Å². The number of rotatable bonds is 4. The van der Waals surface area contributed by atoms with Gasteiger partial charge in [0.15, 0.2) is 0 Å². The Morgan fingerprint density at radius 2 is 2.32 bits per heavy atom. The van der Waals surface area contributed by atoms with E-state index in [1.165, 1.54) is 11.0 Å². The van der Waals surface area contributed by atoms with Crippen molar-refractivity contribution in [3.8, 4) is 0 Å². The molecule has 0 radical (unpaired) electrons. The fourth-order valence-electron chi connectivity index (χ4n) is 2.35. The van der Waals surface area contributed by atoms with Crippen LogP contribution in [0.3, 0.4) is 0 Å². The molecule has 1 aromatic carbocycles. The van der Waals surface area contributed by atoms with Gasteiger partial charge in [-0.2, -0.15) is 0 Å². The molecule has 104 valence electrons. The van der Waals surface area contributed by atoms with E-state index in [2.05, 4.69) is 5.32 Å². The minimum Gasteiger partial charge on any atom is -0.307 e. The third kappa shape index (κ3) is 3.07. The van der Waals surface area contributed by atoms with Crippen molar-refractivity contribution in [1.29, 1.82) is 0 Å². The quantitative estimate of drug-likeness (QED) is 0.922. The van der Waals surface area contributed by atoms with Gasteiger partial charge in [0.25, 0.3) is 0 Å². The Morgan fingerprint density at radius 1 is 1.53 bits per heavy atom. The molecule has 0 saturated carbocycles. The fraction of sp³-hybridized carbons (Fsp3) is 0.500. The standard InChI is InChI=1S/C14H18ClFN2O/c1-2-8-17-12-7-4-9-18(14(12)19)13-10(15)5-3-6-11(13)16/h3,5-6,12,17H,2,4,7-9H2,1H3. The smallest absolute Gasteiger partial charge is 0.244 e. The number of amides is 1. The molecule has 0 bridgehead atoms. The van der Waals surface area contributed by atoms with Crippen LogP contribution in [-0.4, -0.2) is 25.0 Å². The minimum absolute atomic E-state index is 0.0910. The molecule has 1 fully saturated rings. The highest BCUT2D eigenvalue weighted by molar-refractivity contribution is 6.33. The van der Waals surface area contributed by atoms with Crippen LogP contribution in [0.15, 0.2) is 18.2 Å². The van der Waals surface area contributed by atoms with E-state index in [1.54, 1.807) is 12.1 Å². The van der Waals surface area contributed by atoms with Gasteiger partial charge < -0.3 is 10.2 Å². The summed E-state index contributed by atoms with van der Waals surface area (Å²) in [6.07, 6.45) is 2.60. The highest BCUT2D eigenvalue weighted by Gasteiger charge is 2.31. The molecule has 1 amide bonds. The molecule has 2 rings (SSSR count). The van der Waals surface area contributed by atoms with E-state index in [1.807, 2.05) is 6.92 Å². The first kappa shape index (κ1) is 14.3. The molecule has 19 heavy (non-hydrogen) atoms. The maximum atomic E-state index is 13.9. The minimum atomic E-state index is -0.447. The van der Waals surface area contributed by atoms with Crippen molar-refractivity contribution >= 4 is 23.2 Å². The van der Waals surface area contributed by atoms with Gasteiger partial charge in [0, 0.05) is 6.54 Å². The van der Waals surface area contributed by atoms with Crippen LogP contribution < -0.4 is 10.2 Å². The molecule has 1 aliphatic heterocycles. The number of para-hydroxylation sites is 1. The number of halogens is 2. The number of carbonyl (C=O) groups is 1. The van der Waals surface area contributed by atoms with Gasteiger partial charge in [-0.05, 0) is 37.9 Å². The van der Waals surface area contributed by atoms with Crippen molar-refractivity contribution in [3.05, 3.63) is 29.0 Å². The number of anilines is 1. The van der Waals surface area contributed by atoms with E-state index >= 15 is 0 Å². The molecular weight excluding hydrogens is 267 g/mol. The molecule has 1 atom stereocenters. The van der Waals surface area contributed by atoms with Crippen LogP contribution in [-0.2, 0) is 4.79 Å². The molecule has 0 spiro atoms. The van der Waals surface area contributed by atoms with Gasteiger partial charge >= 0.3 is 0 Å². The van der Waals surface area contributed by atoms with Crippen molar-refractivity contribution in [2.45, 2.75) is 32.2 Å². The van der Waals surface area contributed by atoms with E-state index in [4.69, 9.17) is 11.6 Å². The third-order valence-corrected chi connectivity index (χ3v) is 3.59. The normalized spacial score (nSPS) is 19.8. The number of nitrogens with one attached hydrogen (secondary N) is 1. The zero-order valence-corrected chi connectivity index (χ0v) is 11.7. The molecule has 0 aliphatic carbocycles. The molecule has 1 unspecified atom stereocenters. The molecule has 1 saturated heterocycles. The Balaban J connectivity index is 2.22. The Kier molecular flexibility index (Phi) is 4.77. The summed E-state index contributed by atoms with van der Waals surface area (Å²) in [7, 11) is 0. The summed E-state index contributed by atoms with van der Waals surface area (Å²) < 4.78 is 13.9. The summed E-state index contributed by atoms with van der Waals surface area (Å²) in [4.78, 5) is 13.8. The maximum Gasteiger partial charge on any atom is 0.244 e. The lowest BCUT2D eigenvalue weighted by Crippen LogP contribution is -2.51. The summed E-state index contributed by atoms with van der Waals surface area (Å²) in [5, 5.41) is 3.48. The molecule has 1 N–H and O–H groups in total. The average molecular weight is 285 g/mol. The fourth-order valence-corrected chi connectivity index (χ4v) is 2.62. The van der Waals surface area contributed by atoms with Gasteiger partial charge in [-0.15, -0.1) is 0 Å². The van der Waals surface area contributed by atoms with Crippen molar-refractivity contribution in [1.82, 2.24) is 5.32 Å². The van der Waals surface area contributed by atoms with Crippen molar-refractivity contribution in [3.63, 3.8) is 0 Å². The number of nitrogens with zero attached hydrogens (tertiary/aromatic N) is 1. The first-order valence-corrected chi connectivity index (χ1v) is 7.01. The van der Waals surface area contributed by atoms with E-state index < -0.39 is 5.82 Å². The van der Waals surface area contributed by atoms with Gasteiger partial charge in [-0.25, -0.2) is 4.39 Å². The number of piperidine rings is 1. The zero-order chi connectivity index (χ0) is 13.8. The van der Waals surface area contributed by atoms with Crippen LogP contribution in [0.25, 0.3) is 0 Å². The number of hydrogen-bond donors (Lipinski definition) is 1. The summed E-state index contributed by atoms with van der Waals surface area (Å²) >= 11 is 6.03. The average Bonchev–Trinajstić information content (AvgIpc) is 2.39. The molecular formula is C14H18ClFN2O. The van der Waals surface area contributed by atoms with Gasteiger partial charge in [-0.3, -0.25) is 4.79 Å². The zero-order valence-electron chi connectivity index (χ0n) is 11.0. The molecule has 5 heteroatoms. The van der Waals surface area contributed by atoms with E-state index in [0.29, 0.717) is 6.54 Å². The Morgan fingerprint density at radius 3 is 3.00 bits per heavy atom. The summed E-state index contributed by atoms with van der Waals surface area (Å²) in [5.74, 6) is -0.538. The highest BCUT2D eigenvalue weighted by atomic mass is 35.5. The first-order valence-electron chi connectivity index (χ1n) is 6.64. The largest absolute Gasteiger partial charge is 0.307 e. The van der Waals surface area contributed by atoms with Crippen LogP contribution in [0.2, 0.25) is 5.02 Å². The predicted octanol–water partition coefficient (Wildman–Crippen LogP) is 2.97. The lowest BCUT2D eigenvalue weighted by atomic mass is 10.0. The van der Waals surface area contributed by atoms with Crippen LogP contribution in [0, 0.1) is 5.82 Å². The van der Waals surface area contributed by atoms with E-state index in [-0.39, 0.29) is 22.7 Å². The van der Waals surface area contributed by atoms with Gasteiger partial charge in [0.1, 0.15) is 5.82 Å². The first-order chi connectivity index (χ1) is 9.15. The second-order valence-corrected chi connectivity index (χ2v) is 5.12. The highest BCUT2D eigenvalue weighted by Crippen LogP contribution is 2.31. The number of carbonyl (C=O) groups excluding carboxylic acids is 1. The van der Waals surface area contributed by atoms with Crippen molar-refractivity contribution < 1.29 is 9.18 Å². The lowest BCUT2D eigenvalue weighted by Gasteiger charge is -2.33. The monoisotopic (exact) mass is 284 g/mol. The van der Waals surface area contributed by atoms with E-state index in [0.717, 1.165) is 25.8 Å². The Hall–Kier alpha value is -1.13. The lowest BCUT2D eigenvalue weighted by molar-refractivity contribution is -0.121. The molecule has 1 heterocycles. The van der Waals surface area contributed by atoms with Crippen molar-refractivity contribution in [2.24, 2.45) is 0 Å². The second-order valence-electron chi connectivity index (χ2n) is 4.71. The van der Waals surface area contributed by atoms with Crippen LogP contribution >= 0.6 is 11.6 Å². The molecule has 3 nitrogen and oxygen atoms in total. The number of benzene rings is 1. The topological polar surface area (TPSA) is 32.3 Å².